The van der Waals surface area contributed by atoms with E-state index in [0.717, 1.165) is 32.2 Å². The van der Waals surface area contributed by atoms with E-state index >= 15 is 0 Å². The molecule has 0 fully saturated rings. The fraction of sp³-hybridized carbons (Fsp3) is 0.0909. The van der Waals surface area contributed by atoms with Crippen LogP contribution >= 0.6 is 11.3 Å². The number of benzene rings is 3. The lowest BCUT2D eigenvalue weighted by atomic mass is 10.1. The van der Waals surface area contributed by atoms with Gasteiger partial charge in [-0.3, -0.25) is 4.79 Å². The minimum absolute atomic E-state index is 0.161. The second kappa shape index (κ2) is 7.60. The summed E-state index contributed by atoms with van der Waals surface area (Å²) in [5, 5.41) is 3.90. The zero-order valence-electron chi connectivity index (χ0n) is 14.8. The van der Waals surface area contributed by atoms with Crippen LogP contribution in [0.25, 0.3) is 20.8 Å². The van der Waals surface area contributed by atoms with Crippen molar-refractivity contribution in [3.05, 3.63) is 78.4 Å². The van der Waals surface area contributed by atoms with Crippen molar-refractivity contribution >= 4 is 33.1 Å². The molecular formula is C22H18N2O2S. The number of rotatable bonds is 5. The molecule has 27 heavy (non-hydrogen) atoms. The summed E-state index contributed by atoms with van der Waals surface area (Å²) in [5.41, 5.74) is 3.20. The van der Waals surface area contributed by atoms with Crippen molar-refractivity contribution in [2.24, 2.45) is 0 Å². The maximum Gasteiger partial charge on any atom is 0.255 e. The van der Waals surface area contributed by atoms with Crippen LogP contribution in [0.5, 0.6) is 5.75 Å². The summed E-state index contributed by atoms with van der Waals surface area (Å²) in [5.74, 6) is 0.593. The highest BCUT2D eigenvalue weighted by Gasteiger charge is 2.13. The number of nitrogens with zero attached hydrogens (tertiary/aromatic N) is 1. The van der Waals surface area contributed by atoms with Crippen molar-refractivity contribution in [3.8, 4) is 16.3 Å². The molecule has 0 saturated carbocycles. The number of amides is 1. The van der Waals surface area contributed by atoms with Gasteiger partial charge in [-0.25, -0.2) is 4.98 Å². The van der Waals surface area contributed by atoms with Crippen molar-refractivity contribution in [1.29, 1.82) is 0 Å². The van der Waals surface area contributed by atoms with Gasteiger partial charge in [-0.2, -0.15) is 0 Å². The third kappa shape index (κ3) is 3.68. The molecule has 0 saturated heterocycles. The van der Waals surface area contributed by atoms with E-state index in [9.17, 15) is 4.79 Å². The molecule has 4 rings (SSSR count). The maximum atomic E-state index is 12.7. The first-order valence-corrected chi connectivity index (χ1v) is 9.55. The van der Waals surface area contributed by atoms with Crippen LogP contribution < -0.4 is 10.1 Å². The zero-order valence-corrected chi connectivity index (χ0v) is 15.6. The van der Waals surface area contributed by atoms with Crippen LogP contribution in [0.1, 0.15) is 17.3 Å². The molecule has 0 aliphatic carbocycles. The standard InChI is InChI=1S/C22H18N2O2S/c1-2-26-16-13-11-15(12-14-16)21(25)23-18-8-4-3-7-17(18)22-24-19-9-5-6-10-20(19)27-22/h3-14H,2H2,1H3,(H,23,25). The summed E-state index contributed by atoms with van der Waals surface area (Å²) in [6.07, 6.45) is 0. The van der Waals surface area contributed by atoms with E-state index in [0.29, 0.717) is 12.2 Å². The van der Waals surface area contributed by atoms with Gasteiger partial charge < -0.3 is 10.1 Å². The van der Waals surface area contributed by atoms with E-state index in [-0.39, 0.29) is 5.91 Å². The SMILES string of the molecule is CCOc1ccc(C(=O)Nc2ccccc2-c2nc3ccccc3s2)cc1. The van der Waals surface area contributed by atoms with E-state index in [2.05, 4.69) is 11.4 Å². The number of nitrogens with one attached hydrogen (secondary N) is 1. The molecule has 0 aliphatic heterocycles. The van der Waals surface area contributed by atoms with Crippen LogP contribution in [0, 0.1) is 0 Å². The minimum atomic E-state index is -0.161. The predicted molar refractivity (Wildman–Crippen MR) is 111 cm³/mol. The highest BCUT2D eigenvalue weighted by molar-refractivity contribution is 7.21. The Bertz CT molecular complexity index is 1050. The van der Waals surface area contributed by atoms with Crippen LogP contribution in [0.2, 0.25) is 0 Å². The molecular weight excluding hydrogens is 356 g/mol. The molecule has 5 heteroatoms. The highest BCUT2D eigenvalue weighted by atomic mass is 32.1. The highest BCUT2D eigenvalue weighted by Crippen LogP contribution is 2.34. The summed E-state index contributed by atoms with van der Waals surface area (Å²) < 4.78 is 6.55. The lowest BCUT2D eigenvalue weighted by Gasteiger charge is -2.10. The number of carbonyl (C=O) groups is 1. The lowest BCUT2D eigenvalue weighted by Crippen LogP contribution is -2.12. The zero-order chi connectivity index (χ0) is 18.6. The largest absolute Gasteiger partial charge is 0.494 e. The van der Waals surface area contributed by atoms with Gasteiger partial charge in [0.15, 0.2) is 0 Å². The van der Waals surface area contributed by atoms with Gasteiger partial charge in [0.05, 0.1) is 22.5 Å². The summed E-state index contributed by atoms with van der Waals surface area (Å²) in [6.45, 7) is 2.53. The Hall–Kier alpha value is -3.18. The number of fused-ring (bicyclic) bond motifs is 1. The minimum Gasteiger partial charge on any atom is -0.494 e. The maximum absolute atomic E-state index is 12.7. The van der Waals surface area contributed by atoms with Crippen LogP contribution in [0.4, 0.5) is 5.69 Å². The average molecular weight is 374 g/mol. The molecule has 3 aromatic carbocycles. The topological polar surface area (TPSA) is 51.2 Å². The molecule has 0 atom stereocenters. The van der Waals surface area contributed by atoms with Crippen molar-refractivity contribution in [3.63, 3.8) is 0 Å². The number of carbonyl (C=O) groups excluding carboxylic acids is 1. The fourth-order valence-corrected chi connectivity index (χ4v) is 3.83. The van der Waals surface area contributed by atoms with E-state index in [1.54, 1.807) is 35.6 Å². The number of aromatic nitrogens is 1. The molecule has 0 unspecified atom stereocenters. The first-order valence-electron chi connectivity index (χ1n) is 8.74. The first-order chi connectivity index (χ1) is 13.2. The molecule has 4 aromatic rings. The lowest BCUT2D eigenvalue weighted by molar-refractivity contribution is 0.102. The van der Waals surface area contributed by atoms with Gasteiger partial charge in [-0.05, 0) is 55.5 Å². The van der Waals surface area contributed by atoms with Crippen LogP contribution in [-0.4, -0.2) is 17.5 Å². The van der Waals surface area contributed by atoms with Crippen LogP contribution in [0.3, 0.4) is 0 Å². The summed E-state index contributed by atoms with van der Waals surface area (Å²) in [7, 11) is 0. The summed E-state index contributed by atoms with van der Waals surface area (Å²) in [6, 6.07) is 22.9. The number of anilines is 1. The molecule has 1 heterocycles. The Morgan fingerprint density at radius 3 is 2.52 bits per heavy atom. The Labute approximate surface area is 161 Å². The Balaban J connectivity index is 1.62. The Kier molecular flexibility index (Phi) is 4.85. The van der Waals surface area contributed by atoms with Gasteiger partial charge >= 0.3 is 0 Å². The second-order valence-corrected chi connectivity index (χ2v) is 6.97. The number of hydrogen-bond acceptors (Lipinski definition) is 4. The first kappa shape index (κ1) is 17.2. The molecule has 0 bridgehead atoms. The fourth-order valence-electron chi connectivity index (χ4n) is 2.83. The van der Waals surface area contributed by atoms with Gasteiger partial charge in [0.1, 0.15) is 10.8 Å². The molecule has 0 radical (unpaired) electrons. The van der Waals surface area contributed by atoms with Gasteiger partial charge in [0, 0.05) is 11.1 Å². The molecule has 134 valence electrons. The summed E-state index contributed by atoms with van der Waals surface area (Å²) >= 11 is 1.62. The smallest absolute Gasteiger partial charge is 0.255 e. The third-order valence-electron chi connectivity index (χ3n) is 4.13. The van der Waals surface area contributed by atoms with E-state index < -0.39 is 0 Å². The van der Waals surface area contributed by atoms with Crippen molar-refractivity contribution in [1.82, 2.24) is 4.98 Å². The van der Waals surface area contributed by atoms with E-state index in [1.165, 1.54) is 0 Å². The van der Waals surface area contributed by atoms with Gasteiger partial charge in [0.2, 0.25) is 0 Å². The molecule has 4 nitrogen and oxygen atoms in total. The van der Waals surface area contributed by atoms with Crippen molar-refractivity contribution in [2.45, 2.75) is 6.92 Å². The molecule has 1 N–H and O–H groups in total. The van der Waals surface area contributed by atoms with Gasteiger partial charge in [0.25, 0.3) is 5.91 Å². The Morgan fingerprint density at radius 1 is 1.00 bits per heavy atom. The molecule has 0 spiro atoms. The quantitative estimate of drug-likeness (QED) is 0.494. The molecule has 0 aliphatic rings. The number of ether oxygens (including phenoxy) is 1. The van der Waals surface area contributed by atoms with Crippen molar-refractivity contribution in [2.75, 3.05) is 11.9 Å². The summed E-state index contributed by atoms with van der Waals surface area (Å²) in [4.78, 5) is 17.4. The number of thiazole rings is 1. The number of hydrogen-bond donors (Lipinski definition) is 1. The van der Waals surface area contributed by atoms with Crippen LogP contribution in [-0.2, 0) is 0 Å². The molecule has 1 aromatic heterocycles. The third-order valence-corrected chi connectivity index (χ3v) is 5.20. The van der Waals surface area contributed by atoms with Gasteiger partial charge in [-0.1, -0.05) is 24.3 Å². The van der Waals surface area contributed by atoms with Crippen molar-refractivity contribution < 1.29 is 9.53 Å². The number of para-hydroxylation sites is 2. The van der Waals surface area contributed by atoms with Crippen LogP contribution in [0.15, 0.2) is 72.8 Å². The Morgan fingerprint density at radius 2 is 1.74 bits per heavy atom. The van der Waals surface area contributed by atoms with E-state index in [1.807, 2.05) is 49.4 Å². The predicted octanol–water partition coefficient (Wildman–Crippen LogP) is 5.61. The van der Waals surface area contributed by atoms with Gasteiger partial charge in [-0.15, -0.1) is 11.3 Å². The second-order valence-electron chi connectivity index (χ2n) is 5.94. The average Bonchev–Trinajstić information content (AvgIpc) is 3.13. The monoisotopic (exact) mass is 374 g/mol. The molecule has 1 amide bonds. The normalized spacial score (nSPS) is 10.7. The van der Waals surface area contributed by atoms with E-state index in [4.69, 9.17) is 9.72 Å².